The first-order valence-electron chi connectivity index (χ1n) is 5.47. The Balaban J connectivity index is 3.24. The third kappa shape index (κ3) is 3.05. The second-order valence-corrected chi connectivity index (χ2v) is 7.81. The van der Waals surface area contributed by atoms with Gasteiger partial charge in [0, 0.05) is 17.9 Å². The first kappa shape index (κ1) is 15.9. The summed E-state index contributed by atoms with van der Waals surface area (Å²) in [6.45, 7) is 2.59. The molecule has 1 aromatic carbocycles. The Kier molecular flexibility index (Phi) is 4.54. The molecule has 19 heavy (non-hydrogen) atoms. The Morgan fingerprint density at radius 3 is 2.58 bits per heavy atom. The highest BCUT2D eigenvalue weighted by molar-refractivity contribution is 7.94. The van der Waals surface area contributed by atoms with Crippen LogP contribution in [0.1, 0.15) is 25.5 Å². The highest BCUT2D eigenvalue weighted by Gasteiger charge is 2.43. The average molecular weight is 308 g/mol. The average Bonchev–Trinajstić information content (AvgIpc) is 2.37. The molecule has 0 heterocycles. The Morgan fingerprint density at radius 2 is 2.11 bits per heavy atom. The van der Waals surface area contributed by atoms with Crippen molar-refractivity contribution in [3.05, 3.63) is 39.9 Å². The van der Waals surface area contributed by atoms with Gasteiger partial charge in [0.25, 0.3) is 5.69 Å². The molecule has 0 bridgehead atoms. The van der Waals surface area contributed by atoms with Crippen LogP contribution < -0.4 is 0 Å². The summed E-state index contributed by atoms with van der Waals surface area (Å²) < 4.78 is 21.7. The molecular formula is C11H14ClNO5S. The monoisotopic (exact) mass is 307 g/mol. The van der Waals surface area contributed by atoms with Gasteiger partial charge in [0.05, 0.1) is 4.92 Å². The standard InChI is InChI=1S/C11H14ClNO5S/c1-3-19(17,18)11(2,12)10(14)8-5-4-6-9(7-8)13(15)16/h4-7,10,14H,3H2,1-2H3/t10-,11+/m1/s1. The molecular weight excluding hydrogens is 294 g/mol. The third-order valence-corrected chi connectivity index (χ3v) is 5.98. The van der Waals surface area contributed by atoms with Crippen LogP contribution in [-0.4, -0.2) is 28.4 Å². The molecule has 1 rings (SSSR count). The number of nitrogens with zero attached hydrogens (tertiary/aromatic N) is 1. The molecule has 0 saturated carbocycles. The third-order valence-electron chi connectivity index (χ3n) is 2.87. The van der Waals surface area contributed by atoms with Gasteiger partial charge < -0.3 is 5.11 Å². The topological polar surface area (TPSA) is 97.5 Å². The predicted molar refractivity (Wildman–Crippen MR) is 71.8 cm³/mol. The van der Waals surface area contributed by atoms with E-state index >= 15 is 0 Å². The molecule has 1 N–H and O–H groups in total. The van der Waals surface area contributed by atoms with E-state index in [1.807, 2.05) is 0 Å². The van der Waals surface area contributed by atoms with Gasteiger partial charge in [0.2, 0.25) is 0 Å². The number of sulfone groups is 1. The maximum atomic E-state index is 11.8. The van der Waals surface area contributed by atoms with Crippen LogP contribution in [0.4, 0.5) is 5.69 Å². The summed E-state index contributed by atoms with van der Waals surface area (Å²) in [4.78, 5) is 10.0. The summed E-state index contributed by atoms with van der Waals surface area (Å²) in [5.74, 6) is -0.237. The molecule has 0 aromatic heterocycles. The maximum Gasteiger partial charge on any atom is 0.269 e. The minimum atomic E-state index is -3.73. The van der Waals surface area contributed by atoms with Crippen molar-refractivity contribution in [3.63, 3.8) is 0 Å². The first-order chi connectivity index (χ1) is 8.63. The van der Waals surface area contributed by atoms with Gasteiger partial charge in [-0.2, -0.15) is 0 Å². The van der Waals surface area contributed by atoms with Gasteiger partial charge in [-0.3, -0.25) is 10.1 Å². The lowest BCUT2D eigenvalue weighted by Gasteiger charge is -2.27. The molecule has 0 amide bonds. The van der Waals surface area contributed by atoms with E-state index in [2.05, 4.69) is 0 Å². The van der Waals surface area contributed by atoms with Crippen LogP contribution in [0.25, 0.3) is 0 Å². The predicted octanol–water partition coefficient (Wildman–Crippen LogP) is 2.02. The number of halogens is 1. The molecule has 0 aliphatic heterocycles. The molecule has 0 aliphatic rings. The molecule has 8 heteroatoms. The van der Waals surface area contributed by atoms with E-state index in [0.717, 1.165) is 6.07 Å². The van der Waals surface area contributed by atoms with Gasteiger partial charge in [-0.05, 0) is 12.5 Å². The summed E-state index contributed by atoms with van der Waals surface area (Å²) in [6.07, 6.45) is -1.56. The molecule has 1 aromatic rings. The van der Waals surface area contributed by atoms with Crippen molar-refractivity contribution in [2.75, 3.05) is 5.75 Å². The molecule has 106 valence electrons. The molecule has 0 saturated heterocycles. The highest BCUT2D eigenvalue weighted by Crippen LogP contribution is 2.37. The van der Waals surface area contributed by atoms with Gasteiger partial charge in [0.1, 0.15) is 6.10 Å². The van der Waals surface area contributed by atoms with Crippen LogP contribution in [0, 0.1) is 10.1 Å². The van der Waals surface area contributed by atoms with E-state index in [9.17, 15) is 23.6 Å². The lowest BCUT2D eigenvalue weighted by Crippen LogP contribution is -2.37. The van der Waals surface area contributed by atoms with Crippen LogP contribution in [0.3, 0.4) is 0 Å². The zero-order chi connectivity index (χ0) is 14.8. The lowest BCUT2D eigenvalue weighted by atomic mass is 10.1. The number of alkyl halides is 1. The molecule has 0 spiro atoms. The maximum absolute atomic E-state index is 11.8. The lowest BCUT2D eigenvalue weighted by molar-refractivity contribution is -0.385. The van der Waals surface area contributed by atoms with E-state index in [4.69, 9.17) is 11.6 Å². The largest absolute Gasteiger partial charge is 0.385 e. The van der Waals surface area contributed by atoms with Crippen LogP contribution in [0.15, 0.2) is 24.3 Å². The summed E-state index contributed by atoms with van der Waals surface area (Å²) >= 11 is 5.94. The second-order valence-electron chi connectivity index (χ2n) is 4.14. The minimum absolute atomic E-state index is 0.0868. The Hall–Kier alpha value is -1.18. The Bertz CT molecular complexity index is 585. The molecule has 0 fully saturated rings. The van der Waals surface area contributed by atoms with E-state index < -0.39 is 25.1 Å². The van der Waals surface area contributed by atoms with Crippen molar-refractivity contribution < 1.29 is 18.4 Å². The van der Waals surface area contributed by atoms with Gasteiger partial charge in [-0.25, -0.2) is 8.42 Å². The summed E-state index contributed by atoms with van der Waals surface area (Å²) in [6, 6.07) is 5.11. The fraction of sp³-hybridized carbons (Fsp3) is 0.455. The smallest absolute Gasteiger partial charge is 0.269 e. The number of hydrogen-bond donors (Lipinski definition) is 1. The first-order valence-corrected chi connectivity index (χ1v) is 7.50. The normalized spacial score (nSPS) is 16.6. The Labute approximate surface area is 116 Å². The number of aliphatic hydroxyl groups excluding tert-OH is 1. The molecule has 0 aliphatic carbocycles. The van der Waals surface area contributed by atoms with E-state index in [1.165, 1.54) is 32.0 Å². The minimum Gasteiger partial charge on any atom is -0.385 e. The zero-order valence-corrected chi connectivity index (χ0v) is 12.0. The second kappa shape index (κ2) is 5.44. The molecule has 0 radical (unpaired) electrons. The molecule has 0 unspecified atom stereocenters. The van der Waals surface area contributed by atoms with Gasteiger partial charge in [-0.15, -0.1) is 0 Å². The van der Waals surface area contributed by atoms with Crippen LogP contribution >= 0.6 is 11.6 Å². The highest BCUT2D eigenvalue weighted by atomic mass is 35.5. The van der Waals surface area contributed by atoms with E-state index in [0.29, 0.717) is 0 Å². The number of nitro benzene ring substituents is 1. The fourth-order valence-electron chi connectivity index (χ4n) is 1.56. The summed E-state index contributed by atoms with van der Waals surface area (Å²) in [5, 5.41) is 20.7. The van der Waals surface area contributed by atoms with Crippen molar-refractivity contribution in [1.82, 2.24) is 0 Å². The van der Waals surface area contributed by atoms with Crippen LogP contribution in [0.5, 0.6) is 0 Å². The fourth-order valence-corrected chi connectivity index (χ4v) is 3.05. The Morgan fingerprint density at radius 1 is 1.53 bits per heavy atom. The van der Waals surface area contributed by atoms with Gasteiger partial charge >= 0.3 is 0 Å². The molecule has 6 nitrogen and oxygen atoms in total. The van der Waals surface area contributed by atoms with Crippen molar-refractivity contribution in [2.24, 2.45) is 0 Å². The number of benzene rings is 1. The molecule has 2 atom stereocenters. The summed E-state index contributed by atoms with van der Waals surface area (Å²) in [5.41, 5.74) is -0.151. The SMILES string of the molecule is CCS(=O)(=O)[C@](C)(Cl)[C@H](O)c1cccc([N+](=O)[O-])c1. The van der Waals surface area contributed by atoms with Crippen molar-refractivity contribution in [3.8, 4) is 0 Å². The quantitative estimate of drug-likeness (QED) is 0.510. The van der Waals surface area contributed by atoms with E-state index in [-0.39, 0.29) is 17.0 Å². The van der Waals surface area contributed by atoms with Crippen molar-refractivity contribution in [2.45, 2.75) is 24.2 Å². The number of hydrogen-bond acceptors (Lipinski definition) is 5. The van der Waals surface area contributed by atoms with E-state index in [1.54, 1.807) is 0 Å². The summed E-state index contributed by atoms with van der Waals surface area (Å²) in [7, 11) is -3.73. The number of aliphatic hydroxyl groups is 1. The number of nitro groups is 1. The van der Waals surface area contributed by atoms with Crippen molar-refractivity contribution in [1.29, 1.82) is 0 Å². The number of rotatable bonds is 5. The number of non-ortho nitro benzene ring substituents is 1. The van der Waals surface area contributed by atoms with Crippen LogP contribution in [-0.2, 0) is 9.84 Å². The zero-order valence-electron chi connectivity index (χ0n) is 10.4. The van der Waals surface area contributed by atoms with Crippen LogP contribution in [0.2, 0.25) is 0 Å². The van der Waals surface area contributed by atoms with Gasteiger partial charge in [-0.1, -0.05) is 30.7 Å². The van der Waals surface area contributed by atoms with Gasteiger partial charge in [0.15, 0.2) is 14.0 Å². The van der Waals surface area contributed by atoms with Crippen molar-refractivity contribution >= 4 is 27.1 Å².